The van der Waals surface area contributed by atoms with Gasteiger partial charge in [-0.2, -0.15) is 0 Å². The maximum Gasteiger partial charge on any atom is 0.319 e. The van der Waals surface area contributed by atoms with Crippen molar-refractivity contribution in [3.63, 3.8) is 0 Å². The number of rotatable bonds is 8. The summed E-state index contributed by atoms with van der Waals surface area (Å²) in [5.41, 5.74) is 3.87. The van der Waals surface area contributed by atoms with Crippen LogP contribution in [-0.2, 0) is 13.1 Å². The minimum atomic E-state index is -0.352. The molecule has 0 radical (unpaired) electrons. The average molecular weight is 449 g/mol. The number of nitrogens with one attached hydrogen (secondary N) is 4. The van der Waals surface area contributed by atoms with Crippen molar-refractivity contribution in [1.82, 2.24) is 10.6 Å². The lowest BCUT2D eigenvalue weighted by molar-refractivity contribution is 0.251. The van der Waals surface area contributed by atoms with E-state index in [2.05, 4.69) is 21.3 Å². The van der Waals surface area contributed by atoms with Gasteiger partial charge in [0, 0.05) is 24.5 Å². The van der Waals surface area contributed by atoms with E-state index in [9.17, 15) is 9.59 Å². The highest BCUT2D eigenvalue weighted by molar-refractivity contribution is 5.93. The first kappa shape index (κ1) is 23.5. The maximum absolute atomic E-state index is 12.4. The first-order chi connectivity index (χ1) is 16.0. The second-order valence-corrected chi connectivity index (χ2v) is 7.35. The molecular weight excluding hydrogens is 420 g/mol. The van der Waals surface area contributed by atoms with Crippen molar-refractivity contribution in [3.8, 4) is 11.5 Å². The molecule has 3 aromatic carbocycles. The highest BCUT2D eigenvalue weighted by Gasteiger charge is 2.08. The van der Waals surface area contributed by atoms with Gasteiger partial charge in [0.25, 0.3) is 0 Å². The number of benzene rings is 3. The summed E-state index contributed by atoms with van der Waals surface area (Å²) in [5.74, 6) is 1.46. The van der Waals surface area contributed by atoms with E-state index in [1.54, 1.807) is 26.4 Å². The molecule has 0 unspecified atom stereocenters. The third-order valence-electron chi connectivity index (χ3n) is 4.92. The fraction of sp³-hybridized carbons (Fsp3) is 0.200. The zero-order valence-corrected chi connectivity index (χ0v) is 18.9. The van der Waals surface area contributed by atoms with Crippen LogP contribution >= 0.6 is 0 Å². The molecule has 172 valence electrons. The van der Waals surface area contributed by atoms with Crippen LogP contribution in [-0.4, -0.2) is 26.3 Å². The predicted molar refractivity (Wildman–Crippen MR) is 129 cm³/mol. The molecule has 4 N–H and O–H groups in total. The molecule has 0 bridgehead atoms. The van der Waals surface area contributed by atoms with E-state index in [-0.39, 0.29) is 12.1 Å². The van der Waals surface area contributed by atoms with Crippen LogP contribution in [0.4, 0.5) is 21.0 Å². The van der Waals surface area contributed by atoms with E-state index in [1.165, 1.54) is 0 Å². The average Bonchev–Trinajstić information content (AvgIpc) is 2.84. The molecule has 0 aliphatic heterocycles. The second-order valence-electron chi connectivity index (χ2n) is 7.35. The number of ether oxygens (including phenoxy) is 2. The Morgan fingerprint density at radius 3 is 1.82 bits per heavy atom. The summed E-state index contributed by atoms with van der Waals surface area (Å²) < 4.78 is 10.4. The van der Waals surface area contributed by atoms with Crippen molar-refractivity contribution >= 4 is 23.4 Å². The number of methoxy groups -OCH3 is 2. The normalized spacial score (nSPS) is 10.2. The van der Waals surface area contributed by atoms with E-state index in [0.717, 1.165) is 28.2 Å². The fourth-order valence-corrected chi connectivity index (χ4v) is 3.11. The minimum absolute atomic E-state index is 0.347. The van der Waals surface area contributed by atoms with Gasteiger partial charge in [0.05, 0.1) is 14.2 Å². The maximum atomic E-state index is 12.4. The quantitative estimate of drug-likeness (QED) is 0.403. The number of carbonyl (C=O) groups is 2. The number of hydrogen-bond donors (Lipinski definition) is 4. The molecule has 0 saturated heterocycles. The number of urea groups is 2. The first-order valence-electron chi connectivity index (χ1n) is 10.4. The van der Waals surface area contributed by atoms with E-state index < -0.39 is 0 Å². The van der Waals surface area contributed by atoms with E-state index in [0.29, 0.717) is 24.5 Å². The molecule has 0 atom stereocenters. The molecule has 0 aliphatic carbocycles. The van der Waals surface area contributed by atoms with Crippen LogP contribution in [0.25, 0.3) is 0 Å². The van der Waals surface area contributed by atoms with E-state index in [4.69, 9.17) is 9.47 Å². The van der Waals surface area contributed by atoms with Crippen molar-refractivity contribution in [1.29, 1.82) is 0 Å². The van der Waals surface area contributed by atoms with Gasteiger partial charge in [-0.3, -0.25) is 0 Å². The SMILES string of the molecule is COc1cccc(CNC(=O)Nc2ccc(C)c(NC(=O)NCc3cccc(OC)c3)c2)c1. The topological polar surface area (TPSA) is 101 Å². The van der Waals surface area contributed by atoms with Gasteiger partial charge in [0.15, 0.2) is 0 Å². The Labute approximate surface area is 193 Å². The molecule has 0 aromatic heterocycles. The highest BCUT2D eigenvalue weighted by atomic mass is 16.5. The van der Waals surface area contributed by atoms with Crippen molar-refractivity contribution in [2.75, 3.05) is 24.9 Å². The summed E-state index contributed by atoms with van der Waals surface area (Å²) >= 11 is 0. The van der Waals surface area contributed by atoms with Crippen molar-refractivity contribution < 1.29 is 19.1 Å². The van der Waals surface area contributed by atoms with Crippen molar-refractivity contribution in [3.05, 3.63) is 83.4 Å². The van der Waals surface area contributed by atoms with Crippen molar-refractivity contribution in [2.24, 2.45) is 0 Å². The highest BCUT2D eigenvalue weighted by Crippen LogP contribution is 2.20. The molecule has 0 aliphatic rings. The fourth-order valence-electron chi connectivity index (χ4n) is 3.11. The Morgan fingerprint density at radius 1 is 0.727 bits per heavy atom. The van der Waals surface area contributed by atoms with E-state index in [1.807, 2.05) is 61.5 Å². The number of aryl methyl sites for hydroxylation is 1. The number of hydrogen-bond acceptors (Lipinski definition) is 4. The van der Waals surface area contributed by atoms with Gasteiger partial charge in [-0.1, -0.05) is 30.3 Å². The summed E-state index contributed by atoms with van der Waals surface area (Å²) in [6, 6.07) is 19.6. The molecule has 0 saturated carbocycles. The smallest absolute Gasteiger partial charge is 0.319 e. The van der Waals surface area contributed by atoms with Crippen LogP contribution in [0.1, 0.15) is 16.7 Å². The lowest BCUT2D eigenvalue weighted by Crippen LogP contribution is -2.29. The molecule has 0 spiro atoms. The molecule has 33 heavy (non-hydrogen) atoms. The molecule has 0 fully saturated rings. The molecule has 3 rings (SSSR count). The number of anilines is 2. The third-order valence-corrected chi connectivity index (χ3v) is 4.92. The molecule has 8 nitrogen and oxygen atoms in total. The monoisotopic (exact) mass is 448 g/mol. The Bertz CT molecular complexity index is 1120. The molecule has 0 heterocycles. The predicted octanol–water partition coefficient (Wildman–Crippen LogP) is 4.66. The van der Waals surface area contributed by atoms with E-state index >= 15 is 0 Å². The van der Waals surface area contributed by atoms with Gasteiger partial charge in [-0.05, 0) is 60.0 Å². The van der Waals surface area contributed by atoms with Gasteiger partial charge >= 0.3 is 12.1 Å². The summed E-state index contributed by atoms with van der Waals surface area (Å²) in [6.07, 6.45) is 0. The molecule has 4 amide bonds. The van der Waals surface area contributed by atoms with Crippen LogP contribution in [0.2, 0.25) is 0 Å². The number of carbonyl (C=O) groups excluding carboxylic acids is 2. The Hall–Kier alpha value is -4.20. The summed E-state index contributed by atoms with van der Waals surface area (Å²) in [6.45, 7) is 2.59. The zero-order chi connectivity index (χ0) is 23.6. The van der Waals surface area contributed by atoms with Gasteiger partial charge in [-0.15, -0.1) is 0 Å². The van der Waals surface area contributed by atoms with Gasteiger partial charge in [0.1, 0.15) is 11.5 Å². The van der Waals surface area contributed by atoms with Crippen LogP contribution < -0.4 is 30.7 Å². The van der Waals surface area contributed by atoms with Crippen LogP contribution in [0, 0.1) is 6.92 Å². The first-order valence-corrected chi connectivity index (χ1v) is 10.4. The largest absolute Gasteiger partial charge is 0.497 e. The number of amides is 4. The standard InChI is InChI=1S/C25H28N4O4/c1-17-10-11-20(28-24(30)26-15-18-6-4-8-21(12-18)32-2)14-23(17)29-25(31)27-16-19-7-5-9-22(13-19)33-3/h4-14H,15-16H2,1-3H3,(H2,26,28,30)(H2,27,29,31). The zero-order valence-electron chi connectivity index (χ0n) is 18.9. The van der Waals surface area contributed by atoms with Crippen LogP contribution in [0.3, 0.4) is 0 Å². The molecule has 3 aromatic rings. The van der Waals surface area contributed by atoms with Gasteiger partial charge in [-0.25, -0.2) is 9.59 Å². The summed E-state index contributed by atoms with van der Waals surface area (Å²) in [7, 11) is 3.20. The summed E-state index contributed by atoms with van der Waals surface area (Å²) in [5, 5.41) is 11.2. The second kappa shape index (κ2) is 11.4. The molecular formula is C25H28N4O4. The van der Waals surface area contributed by atoms with Gasteiger partial charge < -0.3 is 30.7 Å². The molecule has 8 heteroatoms. The Kier molecular flexibility index (Phi) is 8.13. The van der Waals surface area contributed by atoms with Crippen LogP contribution in [0.15, 0.2) is 66.7 Å². The minimum Gasteiger partial charge on any atom is -0.497 e. The lowest BCUT2D eigenvalue weighted by Gasteiger charge is -2.13. The van der Waals surface area contributed by atoms with Gasteiger partial charge in [0.2, 0.25) is 0 Å². The third kappa shape index (κ3) is 7.17. The lowest BCUT2D eigenvalue weighted by atomic mass is 10.2. The summed E-state index contributed by atoms with van der Waals surface area (Å²) in [4.78, 5) is 24.7. The Morgan fingerprint density at radius 2 is 1.27 bits per heavy atom. The Balaban J connectivity index is 1.53. The van der Waals surface area contributed by atoms with Crippen LogP contribution in [0.5, 0.6) is 11.5 Å². The van der Waals surface area contributed by atoms with Crippen molar-refractivity contribution in [2.45, 2.75) is 20.0 Å².